The minimum atomic E-state index is -0.231. The molecule has 6 nitrogen and oxygen atoms in total. The average molecular weight is 382 g/mol. The standard InChI is InChI=1S/C19H27N3O3.ClH/c1-19(12-20)7-8-21(13-19)18(24)15-9-17(23)22(11-15)10-14-3-5-16(25-2)6-4-14;/h3-6,15H,7-13,20H2,1-2H3;1H. The maximum atomic E-state index is 12.8. The monoisotopic (exact) mass is 381 g/mol. The molecule has 2 saturated heterocycles. The topological polar surface area (TPSA) is 75.9 Å². The maximum Gasteiger partial charge on any atom is 0.228 e. The van der Waals surface area contributed by atoms with Gasteiger partial charge in [0, 0.05) is 32.6 Å². The number of carbonyl (C=O) groups is 2. The number of carbonyl (C=O) groups excluding carboxylic acids is 2. The van der Waals surface area contributed by atoms with Gasteiger partial charge in [-0.1, -0.05) is 19.1 Å². The molecule has 0 radical (unpaired) electrons. The molecule has 2 N–H and O–H groups in total. The molecular weight excluding hydrogens is 354 g/mol. The lowest BCUT2D eigenvalue weighted by Crippen LogP contribution is -2.38. The molecule has 1 aromatic carbocycles. The third-order valence-corrected chi connectivity index (χ3v) is 5.46. The predicted octanol–water partition coefficient (Wildman–Crippen LogP) is 1.66. The fourth-order valence-corrected chi connectivity index (χ4v) is 3.68. The number of rotatable bonds is 5. The van der Waals surface area contributed by atoms with Crippen LogP contribution in [0.15, 0.2) is 24.3 Å². The van der Waals surface area contributed by atoms with Crippen molar-refractivity contribution < 1.29 is 14.3 Å². The molecule has 2 atom stereocenters. The second kappa shape index (κ2) is 8.27. The molecule has 3 rings (SSSR count). The normalized spacial score (nSPS) is 25.3. The summed E-state index contributed by atoms with van der Waals surface area (Å²) in [6, 6.07) is 7.68. The second-order valence-corrected chi connectivity index (χ2v) is 7.55. The van der Waals surface area contributed by atoms with Crippen LogP contribution >= 0.6 is 12.4 Å². The van der Waals surface area contributed by atoms with Gasteiger partial charge in [0.15, 0.2) is 0 Å². The lowest BCUT2D eigenvalue weighted by molar-refractivity contribution is -0.135. The molecule has 2 fully saturated rings. The summed E-state index contributed by atoms with van der Waals surface area (Å²) >= 11 is 0. The fourth-order valence-electron chi connectivity index (χ4n) is 3.68. The Morgan fingerprint density at radius 3 is 2.62 bits per heavy atom. The zero-order chi connectivity index (χ0) is 18.0. The predicted molar refractivity (Wildman–Crippen MR) is 102 cm³/mol. The van der Waals surface area contributed by atoms with Crippen LogP contribution in [0, 0.1) is 11.3 Å². The van der Waals surface area contributed by atoms with Crippen molar-refractivity contribution in [1.82, 2.24) is 9.80 Å². The number of benzene rings is 1. The number of nitrogens with zero attached hydrogens (tertiary/aromatic N) is 2. The van der Waals surface area contributed by atoms with E-state index in [0.29, 0.717) is 32.6 Å². The highest BCUT2D eigenvalue weighted by atomic mass is 35.5. The van der Waals surface area contributed by atoms with Crippen LogP contribution in [-0.4, -0.2) is 54.9 Å². The Bertz CT molecular complexity index is 652. The number of nitrogens with two attached hydrogens (primary N) is 1. The zero-order valence-corrected chi connectivity index (χ0v) is 16.3. The summed E-state index contributed by atoms with van der Waals surface area (Å²) in [6.07, 6.45) is 1.25. The number of methoxy groups -OCH3 is 1. The van der Waals surface area contributed by atoms with Crippen LogP contribution in [-0.2, 0) is 16.1 Å². The molecule has 0 aromatic heterocycles. The highest BCUT2D eigenvalue weighted by Crippen LogP contribution is 2.31. The molecule has 2 heterocycles. The fraction of sp³-hybridized carbons (Fsp3) is 0.579. The van der Waals surface area contributed by atoms with Crippen LogP contribution in [0.1, 0.15) is 25.3 Å². The molecular formula is C19H28ClN3O3. The number of hydrogen-bond donors (Lipinski definition) is 1. The van der Waals surface area contributed by atoms with Crippen LogP contribution in [0.4, 0.5) is 0 Å². The van der Waals surface area contributed by atoms with Gasteiger partial charge >= 0.3 is 0 Å². The minimum absolute atomic E-state index is 0. The maximum absolute atomic E-state index is 12.8. The van der Waals surface area contributed by atoms with E-state index in [9.17, 15) is 9.59 Å². The van der Waals surface area contributed by atoms with Gasteiger partial charge in [0.05, 0.1) is 13.0 Å². The van der Waals surface area contributed by atoms with Crippen LogP contribution in [0.25, 0.3) is 0 Å². The largest absolute Gasteiger partial charge is 0.497 e. The number of ether oxygens (including phenoxy) is 1. The van der Waals surface area contributed by atoms with Gasteiger partial charge < -0.3 is 20.3 Å². The van der Waals surface area contributed by atoms with Crippen LogP contribution < -0.4 is 10.5 Å². The van der Waals surface area contributed by atoms with Crippen molar-refractivity contribution in [1.29, 1.82) is 0 Å². The first-order chi connectivity index (χ1) is 11.9. The summed E-state index contributed by atoms with van der Waals surface area (Å²) in [5.41, 5.74) is 6.88. The third kappa shape index (κ3) is 4.30. The zero-order valence-electron chi connectivity index (χ0n) is 15.4. The first-order valence-electron chi connectivity index (χ1n) is 8.84. The average Bonchev–Trinajstić information content (AvgIpc) is 3.19. The van der Waals surface area contributed by atoms with Gasteiger partial charge in [-0.25, -0.2) is 0 Å². The van der Waals surface area contributed by atoms with Crippen LogP contribution in [0.5, 0.6) is 5.75 Å². The van der Waals surface area contributed by atoms with Crippen molar-refractivity contribution in [2.24, 2.45) is 17.1 Å². The van der Waals surface area contributed by atoms with Crippen molar-refractivity contribution in [2.45, 2.75) is 26.3 Å². The minimum Gasteiger partial charge on any atom is -0.497 e. The van der Waals surface area contributed by atoms with Crippen molar-refractivity contribution >= 4 is 24.2 Å². The Balaban J connectivity index is 0.00000243. The molecule has 0 bridgehead atoms. The van der Waals surface area contributed by atoms with Gasteiger partial charge in [0.25, 0.3) is 0 Å². The van der Waals surface area contributed by atoms with E-state index in [1.807, 2.05) is 29.2 Å². The lowest BCUT2D eigenvalue weighted by atomic mass is 9.90. The Kier molecular flexibility index (Phi) is 6.53. The smallest absolute Gasteiger partial charge is 0.228 e. The van der Waals surface area contributed by atoms with E-state index in [1.54, 1.807) is 12.0 Å². The SMILES string of the molecule is COc1ccc(CN2CC(C(=O)N3CCC(C)(CN)C3)CC2=O)cc1.Cl. The summed E-state index contributed by atoms with van der Waals surface area (Å²) < 4.78 is 5.15. The first-order valence-corrected chi connectivity index (χ1v) is 8.84. The third-order valence-electron chi connectivity index (χ3n) is 5.46. The number of halogens is 1. The molecule has 0 spiro atoms. The molecule has 144 valence electrons. The molecule has 2 amide bonds. The van der Waals surface area contributed by atoms with Crippen molar-refractivity contribution in [3.05, 3.63) is 29.8 Å². The summed E-state index contributed by atoms with van der Waals surface area (Å²) in [5.74, 6) is 0.713. The number of amides is 2. The summed E-state index contributed by atoms with van der Waals surface area (Å²) in [4.78, 5) is 28.8. The molecule has 2 aliphatic rings. The first kappa shape index (κ1) is 20.5. The van der Waals surface area contributed by atoms with Gasteiger partial charge in [-0.15, -0.1) is 12.4 Å². The van der Waals surface area contributed by atoms with Crippen molar-refractivity contribution in [2.75, 3.05) is 33.3 Å². The molecule has 1 aromatic rings. The van der Waals surface area contributed by atoms with E-state index >= 15 is 0 Å². The summed E-state index contributed by atoms with van der Waals surface area (Å²) in [6.45, 7) is 5.19. The van der Waals surface area contributed by atoms with Gasteiger partial charge in [0.2, 0.25) is 11.8 Å². The van der Waals surface area contributed by atoms with Crippen molar-refractivity contribution in [3.8, 4) is 5.75 Å². The van der Waals surface area contributed by atoms with Gasteiger partial charge in [-0.05, 0) is 36.1 Å². The Morgan fingerprint density at radius 2 is 2.04 bits per heavy atom. The Morgan fingerprint density at radius 1 is 1.35 bits per heavy atom. The molecule has 26 heavy (non-hydrogen) atoms. The Hall–Kier alpha value is -1.79. The molecule has 0 aliphatic carbocycles. The van der Waals surface area contributed by atoms with Crippen LogP contribution in [0.2, 0.25) is 0 Å². The lowest BCUT2D eigenvalue weighted by Gasteiger charge is -2.24. The number of hydrogen-bond acceptors (Lipinski definition) is 4. The highest BCUT2D eigenvalue weighted by molar-refractivity contribution is 5.89. The van der Waals surface area contributed by atoms with E-state index < -0.39 is 0 Å². The van der Waals surface area contributed by atoms with E-state index in [0.717, 1.165) is 24.3 Å². The quantitative estimate of drug-likeness (QED) is 0.841. The van der Waals surface area contributed by atoms with Gasteiger partial charge in [0.1, 0.15) is 5.75 Å². The van der Waals surface area contributed by atoms with E-state index in [1.165, 1.54) is 0 Å². The molecule has 2 aliphatic heterocycles. The number of likely N-dealkylation sites (tertiary alicyclic amines) is 2. The van der Waals surface area contributed by atoms with E-state index in [4.69, 9.17) is 10.5 Å². The molecule has 0 saturated carbocycles. The van der Waals surface area contributed by atoms with E-state index in [2.05, 4.69) is 6.92 Å². The highest BCUT2D eigenvalue weighted by Gasteiger charge is 2.41. The molecule has 7 heteroatoms. The summed E-state index contributed by atoms with van der Waals surface area (Å²) in [5, 5.41) is 0. The van der Waals surface area contributed by atoms with E-state index in [-0.39, 0.29) is 35.6 Å². The Labute approximate surface area is 161 Å². The summed E-state index contributed by atoms with van der Waals surface area (Å²) in [7, 11) is 1.63. The van der Waals surface area contributed by atoms with Gasteiger partial charge in [-0.2, -0.15) is 0 Å². The van der Waals surface area contributed by atoms with Crippen LogP contribution in [0.3, 0.4) is 0 Å². The molecule has 2 unspecified atom stereocenters. The second-order valence-electron chi connectivity index (χ2n) is 7.55. The van der Waals surface area contributed by atoms with Gasteiger partial charge in [-0.3, -0.25) is 9.59 Å². The van der Waals surface area contributed by atoms with Crippen molar-refractivity contribution in [3.63, 3.8) is 0 Å².